The minimum Gasteiger partial charge on any atom is -0.333 e. The molecular formula is C11H25NOS. The molecule has 3 heteroatoms. The maximum Gasteiger partial charge on any atom is 0.186 e. The number of carbonyl (C=O) groups excluding carboxylic acids is 1. The van der Waals surface area contributed by atoms with Gasteiger partial charge in [-0.25, -0.2) is 0 Å². The van der Waals surface area contributed by atoms with E-state index < -0.39 is 0 Å². The lowest BCUT2D eigenvalue weighted by Gasteiger charge is -2.19. The molecule has 0 aliphatic heterocycles. The van der Waals surface area contributed by atoms with Gasteiger partial charge in [0.25, 0.3) is 0 Å². The Hall–Kier alpha value is -0.0200. The molecule has 1 rings (SSSR count). The maximum atomic E-state index is 10.6. The van der Waals surface area contributed by atoms with E-state index in [0.29, 0.717) is 12.3 Å². The van der Waals surface area contributed by atoms with Crippen LogP contribution in [0.15, 0.2) is 0 Å². The highest BCUT2D eigenvalue weighted by atomic mass is 32.1. The molecule has 1 fully saturated rings. The van der Waals surface area contributed by atoms with Gasteiger partial charge >= 0.3 is 0 Å². The highest BCUT2D eigenvalue weighted by Gasteiger charge is 2.14. The fourth-order valence-corrected chi connectivity index (χ4v) is 1.90. The summed E-state index contributed by atoms with van der Waals surface area (Å²) in [5, 5.41) is 0.0619. The molecule has 86 valence electrons. The molecule has 0 radical (unpaired) electrons. The minimum atomic E-state index is 0.0619. The van der Waals surface area contributed by atoms with E-state index in [1.54, 1.807) is 0 Å². The maximum absolute atomic E-state index is 10.6. The first-order valence-corrected chi connectivity index (χ1v) is 6.03. The molecule has 2 N–H and O–H groups in total. The van der Waals surface area contributed by atoms with Gasteiger partial charge in [-0.2, -0.15) is 0 Å². The second-order valence-corrected chi connectivity index (χ2v) is 3.60. The summed E-state index contributed by atoms with van der Waals surface area (Å²) in [4.78, 5) is 10.6. The van der Waals surface area contributed by atoms with Gasteiger partial charge in [0.15, 0.2) is 5.12 Å². The third-order valence-electron chi connectivity index (χ3n) is 2.19. The van der Waals surface area contributed by atoms with Gasteiger partial charge in [0.05, 0.1) is 0 Å². The smallest absolute Gasteiger partial charge is 0.186 e. The van der Waals surface area contributed by atoms with Crippen LogP contribution in [-0.2, 0) is 4.79 Å². The summed E-state index contributed by atoms with van der Waals surface area (Å²) in [5.74, 6) is 0.652. The number of thiol groups is 1. The zero-order valence-corrected chi connectivity index (χ0v) is 10.6. The first kappa shape index (κ1) is 16.4. The molecular weight excluding hydrogens is 194 g/mol. The minimum absolute atomic E-state index is 0.0619. The first-order chi connectivity index (χ1) is 6.79. The van der Waals surface area contributed by atoms with E-state index in [0.717, 1.165) is 0 Å². The third-order valence-corrected chi connectivity index (χ3v) is 2.37. The fraction of sp³-hybridized carbons (Fsp3) is 0.909. The second kappa shape index (κ2) is 13.0. The predicted octanol–water partition coefficient (Wildman–Crippen LogP) is 3.01. The molecule has 0 aromatic rings. The van der Waals surface area contributed by atoms with Crippen LogP contribution in [-0.4, -0.2) is 12.2 Å². The summed E-state index contributed by atoms with van der Waals surface area (Å²) in [6.45, 7) is 4.00. The third kappa shape index (κ3) is 10.1. The molecule has 0 aromatic heterocycles. The number of hydrogen-bond acceptors (Lipinski definition) is 2. The molecule has 1 saturated carbocycles. The Kier molecular flexibility index (Phi) is 15.2. The first-order valence-electron chi connectivity index (χ1n) is 5.58. The number of rotatable bonds is 2. The van der Waals surface area contributed by atoms with Crippen molar-refractivity contribution in [2.24, 2.45) is 11.7 Å². The standard InChI is InChI=1S/C8H14OS.C2H6.CH5N/c9-8(10)6-7-4-2-1-3-5-7;2*1-2/h7H,1-6H2,(H,9,10);1-2H3;2H2,1H3. The molecule has 0 bridgehead atoms. The highest BCUT2D eigenvalue weighted by Crippen LogP contribution is 2.26. The van der Waals surface area contributed by atoms with E-state index in [-0.39, 0.29) is 5.12 Å². The molecule has 1 aliphatic carbocycles. The quantitative estimate of drug-likeness (QED) is 0.701. The van der Waals surface area contributed by atoms with Crippen molar-refractivity contribution in [2.75, 3.05) is 7.05 Å². The van der Waals surface area contributed by atoms with Gasteiger partial charge in [-0.1, -0.05) is 33.1 Å². The predicted molar refractivity (Wildman–Crippen MR) is 66.6 cm³/mol. The molecule has 0 saturated heterocycles. The van der Waals surface area contributed by atoms with E-state index in [4.69, 9.17) is 0 Å². The Morgan fingerprint density at radius 2 is 1.64 bits per heavy atom. The summed E-state index contributed by atoms with van der Waals surface area (Å²) in [5.41, 5.74) is 4.50. The van der Waals surface area contributed by atoms with E-state index in [9.17, 15) is 4.79 Å². The summed E-state index contributed by atoms with van der Waals surface area (Å²) >= 11 is 3.77. The van der Waals surface area contributed by atoms with Crippen LogP contribution in [0.5, 0.6) is 0 Å². The van der Waals surface area contributed by atoms with Crippen molar-refractivity contribution in [3.8, 4) is 0 Å². The summed E-state index contributed by atoms with van der Waals surface area (Å²) in [6.07, 6.45) is 7.16. The molecule has 0 heterocycles. The van der Waals surface area contributed by atoms with Gasteiger partial charge in [0.2, 0.25) is 0 Å². The van der Waals surface area contributed by atoms with Crippen molar-refractivity contribution in [3.05, 3.63) is 0 Å². The average molecular weight is 219 g/mol. The second-order valence-electron chi connectivity index (χ2n) is 3.10. The molecule has 0 aromatic carbocycles. The Bertz CT molecular complexity index is 122. The monoisotopic (exact) mass is 219 g/mol. The van der Waals surface area contributed by atoms with Gasteiger partial charge in [-0.3, -0.25) is 4.79 Å². The van der Waals surface area contributed by atoms with Gasteiger partial charge in [0.1, 0.15) is 0 Å². The highest BCUT2D eigenvalue weighted by molar-refractivity contribution is 7.96. The molecule has 0 amide bonds. The van der Waals surface area contributed by atoms with Crippen LogP contribution in [0.3, 0.4) is 0 Å². The van der Waals surface area contributed by atoms with Crippen LogP contribution in [0.2, 0.25) is 0 Å². The summed E-state index contributed by atoms with van der Waals surface area (Å²) < 4.78 is 0. The lowest BCUT2D eigenvalue weighted by Crippen LogP contribution is -2.08. The Morgan fingerprint density at radius 3 is 2.00 bits per heavy atom. The number of carbonyl (C=O) groups is 1. The normalized spacial score (nSPS) is 15.8. The van der Waals surface area contributed by atoms with Crippen LogP contribution in [0.4, 0.5) is 0 Å². The largest absolute Gasteiger partial charge is 0.333 e. The fourth-order valence-electron chi connectivity index (χ4n) is 1.64. The van der Waals surface area contributed by atoms with Crippen molar-refractivity contribution in [1.29, 1.82) is 0 Å². The summed E-state index contributed by atoms with van der Waals surface area (Å²) in [7, 11) is 1.50. The number of hydrogen-bond donors (Lipinski definition) is 2. The van der Waals surface area contributed by atoms with Crippen molar-refractivity contribution in [3.63, 3.8) is 0 Å². The van der Waals surface area contributed by atoms with Gasteiger partial charge in [-0.15, -0.1) is 12.6 Å². The van der Waals surface area contributed by atoms with Crippen LogP contribution in [0, 0.1) is 5.92 Å². The topological polar surface area (TPSA) is 43.1 Å². The Morgan fingerprint density at radius 1 is 1.21 bits per heavy atom. The molecule has 2 nitrogen and oxygen atoms in total. The lowest BCUT2D eigenvalue weighted by atomic mass is 9.87. The Balaban J connectivity index is 0. The van der Waals surface area contributed by atoms with Gasteiger partial charge < -0.3 is 5.73 Å². The van der Waals surface area contributed by atoms with E-state index in [1.807, 2.05) is 13.8 Å². The molecule has 14 heavy (non-hydrogen) atoms. The SMILES string of the molecule is CC.CN.O=C(S)CC1CCCCC1. The van der Waals surface area contributed by atoms with E-state index >= 15 is 0 Å². The number of nitrogens with two attached hydrogens (primary N) is 1. The van der Waals surface area contributed by atoms with Gasteiger partial charge in [-0.05, 0) is 25.8 Å². The van der Waals surface area contributed by atoms with Crippen molar-refractivity contribution in [2.45, 2.75) is 52.4 Å². The molecule has 1 aliphatic rings. The molecule has 0 unspecified atom stereocenters. The van der Waals surface area contributed by atoms with E-state index in [1.165, 1.54) is 39.2 Å². The zero-order valence-electron chi connectivity index (χ0n) is 9.75. The van der Waals surface area contributed by atoms with Crippen molar-refractivity contribution in [1.82, 2.24) is 0 Å². The van der Waals surface area contributed by atoms with Crippen LogP contribution in [0.25, 0.3) is 0 Å². The Labute approximate surface area is 94.1 Å². The molecule has 0 atom stereocenters. The van der Waals surface area contributed by atoms with Crippen LogP contribution < -0.4 is 5.73 Å². The summed E-state index contributed by atoms with van der Waals surface area (Å²) in [6, 6.07) is 0. The lowest BCUT2D eigenvalue weighted by molar-refractivity contribution is -0.111. The van der Waals surface area contributed by atoms with Gasteiger partial charge in [0, 0.05) is 6.42 Å². The molecule has 0 spiro atoms. The average Bonchev–Trinajstić information content (AvgIpc) is 2.24. The van der Waals surface area contributed by atoms with Crippen molar-refractivity contribution < 1.29 is 4.79 Å². The van der Waals surface area contributed by atoms with Crippen LogP contribution in [0.1, 0.15) is 52.4 Å². The zero-order chi connectivity index (χ0) is 11.4. The van der Waals surface area contributed by atoms with E-state index in [2.05, 4.69) is 18.4 Å². The van der Waals surface area contributed by atoms with Crippen molar-refractivity contribution >= 4 is 17.7 Å². The van der Waals surface area contributed by atoms with Crippen LogP contribution >= 0.6 is 12.6 Å².